The monoisotopic (exact) mass is 761 g/mol. The summed E-state index contributed by atoms with van der Waals surface area (Å²) in [6.07, 6.45) is 13.3. The number of aromatic nitrogens is 1. The molecule has 1 aliphatic carbocycles. The summed E-state index contributed by atoms with van der Waals surface area (Å²) in [6.45, 7) is 13.0. The minimum absolute atomic E-state index is 0.0575. The normalized spacial score (nSPS) is 19.8. The summed E-state index contributed by atoms with van der Waals surface area (Å²) < 4.78 is 7.88. The first-order valence-corrected chi connectivity index (χ1v) is 20.6. The molecule has 2 aliphatic rings. The van der Waals surface area contributed by atoms with E-state index < -0.39 is 23.9 Å². The van der Waals surface area contributed by atoms with Gasteiger partial charge < -0.3 is 9.30 Å². The second-order valence-corrected chi connectivity index (χ2v) is 15.8. The fraction of sp³-hybridized carbons (Fsp3) is 0.340. The van der Waals surface area contributed by atoms with Crippen molar-refractivity contribution in [3.05, 3.63) is 130 Å². The number of hydrogen-bond acceptors (Lipinski definition) is 4. The van der Waals surface area contributed by atoms with Crippen molar-refractivity contribution in [3.63, 3.8) is 0 Å². The van der Waals surface area contributed by atoms with E-state index in [1.54, 1.807) is 14.0 Å². The Morgan fingerprint density at radius 2 is 1.44 bits per heavy atom. The number of ether oxygens (including phenoxy) is 1. The Bertz CT molecular complexity index is 2560. The number of aryl methyl sites for hydroxylation is 1. The summed E-state index contributed by atoms with van der Waals surface area (Å²) in [5.74, 6) is -1.09. The molecule has 1 saturated carbocycles. The molecule has 0 spiro atoms. The van der Waals surface area contributed by atoms with E-state index in [-0.39, 0.29) is 24.8 Å². The second-order valence-electron chi connectivity index (χ2n) is 15.8. The summed E-state index contributed by atoms with van der Waals surface area (Å²) in [4.78, 5) is 45.8. The van der Waals surface area contributed by atoms with E-state index >= 15 is 0 Å². The molecule has 1 aromatic heterocycles. The van der Waals surface area contributed by atoms with E-state index in [0.29, 0.717) is 24.8 Å². The number of methoxy groups -OCH3 is 1. The minimum Gasteiger partial charge on any atom is -0.383 e. The molecule has 7 heteroatoms. The average molecular weight is 762 g/mol. The van der Waals surface area contributed by atoms with Crippen LogP contribution in [0, 0.1) is 6.92 Å². The van der Waals surface area contributed by atoms with Crippen LogP contribution in [0.3, 0.4) is 0 Å². The molecular formula is C50H55N3O4. The highest BCUT2D eigenvalue weighted by Crippen LogP contribution is 2.41. The van der Waals surface area contributed by atoms with E-state index in [0.717, 1.165) is 46.9 Å². The number of imide groups is 2. The maximum atomic E-state index is 14.7. The predicted octanol–water partition coefficient (Wildman–Crippen LogP) is 10.8. The number of allylic oxidation sites excluding steroid dienone is 7. The van der Waals surface area contributed by atoms with Gasteiger partial charge in [0.1, 0.15) is 5.57 Å². The summed E-state index contributed by atoms with van der Waals surface area (Å²) in [7, 11) is 1.56. The van der Waals surface area contributed by atoms with Crippen molar-refractivity contribution < 1.29 is 19.1 Å². The second kappa shape index (κ2) is 16.9. The fourth-order valence-electron chi connectivity index (χ4n) is 9.00. The van der Waals surface area contributed by atoms with Gasteiger partial charge >= 0.3 is 6.03 Å². The van der Waals surface area contributed by atoms with Crippen molar-refractivity contribution in [2.75, 3.05) is 20.3 Å². The first-order valence-electron chi connectivity index (χ1n) is 20.6. The first-order chi connectivity index (χ1) is 27.6. The molecule has 4 aromatic carbocycles. The Morgan fingerprint density at radius 1 is 0.772 bits per heavy atom. The number of carbonyl (C=O) groups excluding carboxylic acids is 3. The van der Waals surface area contributed by atoms with Crippen molar-refractivity contribution >= 4 is 61.9 Å². The van der Waals surface area contributed by atoms with Crippen molar-refractivity contribution in [1.82, 2.24) is 14.4 Å². The van der Waals surface area contributed by atoms with Gasteiger partial charge in [0.15, 0.2) is 0 Å². The Labute approximate surface area is 336 Å². The molecule has 2 unspecified atom stereocenters. The number of barbiturate groups is 1. The number of amides is 4. The number of nitrogens with zero attached hydrogens (tertiary/aromatic N) is 3. The molecule has 0 N–H and O–H groups in total. The minimum atomic E-state index is -0.581. The molecule has 0 radical (unpaired) electrons. The van der Waals surface area contributed by atoms with Gasteiger partial charge in [0.05, 0.1) is 12.6 Å². The number of urea groups is 1. The maximum Gasteiger partial charge on any atom is 0.334 e. The van der Waals surface area contributed by atoms with Gasteiger partial charge in [0, 0.05) is 41.3 Å². The van der Waals surface area contributed by atoms with Crippen LogP contribution in [0.2, 0.25) is 0 Å². The first kappa shape index (κ1) is 39.7. The van der Waals surface area contributed by atoms with Crippen LogP contribution >= 0.6 is 0 Å². The van der Waals surface area contributed by atoms with Gasteiger partial charge in [-0.05, 0) is 115 Å². The molecule has 7 rings (SSSR count). The molecule has 0 bridgehead atoms. The third-order valence-electron chi connectivity index (χ3n) is 11.8. The smallest absolute Gasteiger partial charge is 0.334 e. The summed E-state index contributed by atoms with van der Waals surface area (Å²) in [5, 5.41) is 7.12. The number of hydrogen-bond donors (Lipinski definition) is 0. The van der Waals surface area contributed by atoms with Gasteiger partial charge in [-0.3, -0.25) is 19.4 Å². The molecule has 294 valence electrons. The summed E-state index contributed by atoms with van der Waals surface area (Å²) in [6, 6.07) is 24.8. The number of carbonyl (C=O) groups is 3. The molecule has 1 saturated heterocycles. The Morgan fingerprint density at radius 3 is 2.14 bits per heavy atom. The standard InChI is InChI=1S/C50H55N3O4/c1-8-10-30-51-48(54)47(49(55)53(50(51)56)35(6)31-57-7)45-38(25-24-32(3)40-21-12-18-36-17-11-16-33(4)44(36)40)26-27-39(45)28-29-42-41-22-13-19-37-20-14-23-43(46(37)41)52(42)34(5)15-9-2/h11-14,16-25,28-29,34-35H,8-10,15,26-27,30-31H2,1-7H3/b32-24-,38-25+,39-28+,42-29+,47-45+. The zero-order valence-electron chi connectivity index (χ0n) is 34.5. The zero-order valence-corrected chi connectivity index (χ0v) is 34.5. The Kier molecular flexibility index (Phi) is 11.8. The van der Waals surface area contributed by atoms with Crippen LogP contribution in [0.25, 0.3) is 44.1 Å². The van der Waals surface area contributed by atoms with E-state index in [4.69, 9.17) is 4.74 Å². The molecule has 2 heterocycles. The largest absolute Gasteiger partial charge is 0.383 e. The van der Waals surface area contributed by atoms with Crippen molar-refractivity contribution in [1.29, 1.82) is 0 Å². The van der Waals surface area contributed by atoms with Gasteiger partial charge in [0.25, 0.3) is 11.8 Å². The van der Waals surface area contributed by atoms with Crippen LogP contribution in [0.1, 0.15) is 90.3 Å². The fourth-order valence-corrected chi connectivity index (χ4v) is 9.00. The Balaban J connectivity index is 1.47. The maximum absolute atomic E-state index is 14.7. The molecule has 57 heavy (non-hydrogen) atoms. The third-order valence-corrected chi connectivity index (χ3v) is 11.8. The number of unbranched alkanes of at least 4 members (excludes halogenated alkanes) is 1. The lowest BCUT2D eigenvalue weighted by atomic mass is 9.93. The summed E-state index contributed by atoms with van der Waals surface area (Å²) in [5.41, 5.74) is 7.14. The molecule has 1 aliphatic heterocycles. The zero-order chi connectivity index (χ0) is 40.4. The van der Waals surface area contributed by atoms with Gasteiger partial charge in [0.2, 0.25) is 0 Å². The van der Waals surface area contributed by atoms with Crippen LogP contribution in [0.4, 0.5) is 4.79 Å². The molecule has 2 fully saturated rings. The van der Waals surface area contributed by atoms with Crippen LogP contribution in [-0.4, -0.2) is 58.5 Å². The Hall–Kier alpha value is -5.53. The topological polar surface area (TPSA) is 71.8 Å². The molecule has 2 atom stereocenters. The molecule has 5 aromatic rings. The molecular weight excluding hydrogens is 707 g/mol. The average Bonchev–Trinajstić information content (AvgIpc) is 3.75. The SMILES string of the molecule is CCCCN1C(=O)/C(=C2C(=C/C=C(/C)c3cccc4cccc(C)c34)/CCC/2=C\C=c2/c3cccc4cccc(c43)n2C(C)CCC)C(=O)N(C(C)COC)C1=O. The number of benzene rings is 4. The quantitative estimate of drug-likeness (QED) is 0.0937. The highest BCUT2D eigenvalue weighted by Gasteiger charge is 2.46. The van der Waals surface area contributed by atoms with E-state index in [1.807, 2.05) is 6.92 Å². The molecule has 4 amide bonds. The number of fused-ring (bicyclic) bond motifs is 1. The van der Waals surface area contributed by atoms with Gasteiger partial charge in [-0.2, -0.15) is 0 Å². The van der Waals surface area contributed by atoms with E-state index in [1.165, 1.54) is 47.8 Å². The van der Waals surface area contributed by atoms with Gasteiger partial charge in [-0.25, -0.2) is 4.79 Å². The van der Waals surface area contributed by atoms with E-state index in [9.17, 15) is 14.4 Å². The predicted molar refractivity (Wildman–Crippen MR) is 234 cm³/mol. The highest BCUT2D eigenvalue weighted by molar-refractivity contribution is 6.30. The lowest BCUT2D eigenvalue weighted by Crippen LogP contribution is -2.60. The molecule has 7 nitrogen and oxygen atoms in total. The van der Waals surface area contributed by atoms with Crippen molar-refractivity contribution in [2.45, 2.75) is 92.2 Å². The van der Waals surface area contributed by atoms with Crippen LogP contribution in [-0.2, 0) is 14.3 Å². The summed E-state index contributed by atoms with van der Waals surface area (Å²) >= 11 is 0. The third kappa shape index (κ3) is 7.30. The lowest BCUT2D eigenvalue weighted by molar-refractivity contribution is -0.137. The highest BCUT2D eigenvalue weighted by atomic mass is 16.5. The van der Waals surface area contributed by atoms with Gasteiger partial charge in [-0.15, -0.1) is 0 Å². The van der Waals surface area contributed by atoms with Crippen LogP contribution in [0.15, 0.2) is 113 Å². The number of rotatable bonds is 12. The van der Waals surface area contributed by atoms with Crippen molar-refractivity contribution in [2.24, 2.45) is 0 Å². The van der Waals surface area contributed by atoms with Crippen molar-refractivity contribution in [3.8, 4) is 0 Å². The van der Waals surface area contributed by atoms with Crippen LogP contribution < -0.4 is 5.35 Å². The van der Waals surface area contributed by atoms with Gasteiger partial charge in [-0.1, -0.05) is 112 Å². The van der Waals surface area contributed by atoms with Crippen LogP contribution in [0.5, 0.6) is 0 Å². The van der Waals surface area contributed by atoms with E-state index in [2.05, 4.69) is 129 Å². The lowest BCUT2D eigenvalue weighted by Gasteiger charge is -2.37.